The summed E-state index contributed by atoms with van der Waals surface area (Å²) >= 11 is 1.27. The second-order valence-electron chi connectivity index (χ2n) is 4.51. The highest BCUT2D eigenvalue weighted by Crippen LogP contribution is 2.21. The van der Waals surface area contributed by atoms with Gasteiger partial charge in [0, 0.05) is 17.0 Å². The van der Waals surface area contributed by atoms with Crippen molar-refractivity contribution in [1.82, 2.24) is 0 Å². The lowest BCUT2D eigenvalue weighted by Crippen LogP contribution is -2.16. The van der Waals surface area contributed by atoms with Crippen LogP contribution in [0.15, 0.2) is 36.4 Å². The van der Waals surface area contributed by atoms with E-state index in [0.717, 1.165) is 10.4 Å². The summed E-state index contributed by atoms with van der Waals surface area (Å²) in [5.41, 5.74) is 7.36. The van der Waals surface area contributed by atoms with Gasteiger partial charge >= 0.3 is 5.97 Å². The molecule has 0 aliphatic rings. The molecule has 0 aliphatic carbocycles. The average Bonchev–Trinajstić information content (AvgIpc) is 2.90. The molecule has 0 atom stereocenters. The third-order valence-corrected chi connectivity index (χ3v) is 3.98. The van der Waals surface area contributed by atoms with Gasteiger partial charge in [0.25, 0.3) is 0 Å². The number of carbonyl (C=O) groups excluding carboxylic acids is 2. The van der Waals surface area contributed by atoms with E-state index in [1.165, 1.54) is 11.3 Å². The average molecular weight is 303 g/mol. The number of nitrogen functional groups attached to an aromatic ring is 1. The number of benzene rings is 1. The minimum Gasteiger partial charge on any atom is -0.475 e. The van der Waals surface area contributed by atoms with E-state index in [1.54, 1.807) is 24.3 Å². The summed E-state index contributed by atoms with van der Waals surface area (Å²) in [5.74, 6) is -3.13. The maximum Gasteiger partial charge on any atom is 0.372 e. The second kappa shape index (κ2) is 6.32. The van der Waals surface area contributed by atoms with Crippen molar-refractivity contribution in [3.8, 4) is 0 Å². The molecule has 0 fully saturated rings. The molecule has 0 unspecified atom stereocenters. The van der Waals surface area contributed by atoms with E-state index in [1.807, 2.05) is 12.1 Å². The van der Waals surface area contributed by atoms with Gasteiger partial charge in [-0.1, -0.05) is 12.1 Å². The molecule has 0 aliphatic heterocycles. The maximum absolute atomic E-state index is 11.8. The van der Waals surface area contributed by atoms with Crippen LogP contribution in [-0.4, -0.2) is 22.6 Å². The summed E-state index contributed by atoms with van der Waals surface area (Å²) in [6, 6.07) is 10.9. The summed E-state index contributed by atoms with van der Waals surface area (Å²) in [5, 5.41) is 8.49. The van der Waals surface area contributed by atoms with Gasteiger partial charge in [-0.3, -0.25) is 9.59 Å². The smallest absolute Gasteiger partial charge is 0.372 e. The molecule has 0 saturated carbocycles. The molecule has 108 valence electrons. The standard InChI is InChI=1S/C15H13NO4S/c16-10-3-1-9(2-4-10)7-11-5-6-14(21-11)12(17)8-13(18)15(19)20/h1-6H,7-8,16H2,(H,19,20). The molecule has 6 heteroatoms. The Labute approximate surface area is 125 Å². The molecule has 1 heterocycles. The van der Waals surface area contributed by atoms with Gasteiger partial charge in [0.15, 0.2) is 5.78 Å². The van der Waals surface area contributed by atoms with Crippen molar-refractivity contribution in [2.75, 3.05) is 5.73 Å². The number of hydrogen-bond donors (Lipinski definition) is 2. The van der Waals surface area contributed by atoms with Crippen LogP contribution in [0.2, 0.25) is 0 Å². The van der Waals surface area contributed by atoms with E-state index in [2.05, 4.69) is 0 Å². The van der Waals surface area contributed by atoms with Crippen LogP contribution in [0.25, 0.3) is 0 Å². The Morgan fingerprint density at radius 2 is 1.71 bits per heavy atom. The molecule has 0 amide bonds. The largest absolute Gasteiger partial charge is 0.475 e. The van der Waals surface area contributed by atoms with Crippen LogP contribution in [0.4, 0.5) is 5.69 Å². The number of ketones is 2. The maximum atomic E-state index is 11.8. The number of anilines is 1. The van der Waals surface area contributed by atoms with Crippen LogP contribution >= 0.6 is 11.3 Å². The van der Waals surface area contributed by atoms with Crippen LogP contribution in [-0.2, 0) is 16.0 Å². The van der Waals surface area contributed by atoms with Gasteiger partial charge in [0.1, 0.15) is 0 Å². The summed E-state index contributed by atoms with van der Waals surface area (Å²) in [6.45, 7) is 0. The predicted molar refractivity (Wildman–Crippen MR) is 79.6 cm³/mol. The van der Waals surface area contributed by atoms with E-state index < -0.39 is 24.0 Å². The first-order valence-electron chi connectivity index (χ1n) is 6.18. The SMILES string of the molecule is Nc1ccc(Cc2ccc(C(=O)CC(=O)C(=O)O)s2)cc1. The molecule has 2 rings (SSSR count). The molecule has 0 bridgehead atoms. The number of hydrogen-bond acceptors (Lipinski definition) is 5. The Bertz CT molecular complexity index is 688. The first kappa shape index (κ1) is 14.9. The number of thiophene rings is 1. The Kier molecular flexibility index (Phi) is 4.49. The molecule has 0 spiro atoms. The zero-order valence-corrected chi connectivity index (χ0v) is 11.9. The highest BCUT2D eigenvalue weighted by atomic mass is 32.1. The van der Waals surface area contributed by atoms with Gasteiger partial charge in [0.2, 0.25) is 5.78 Å². The van der Waals surface area contributed by atoms with Crippen molar-refractivity contribution in [1.29, 1.82) is 0 Å². The lowest BCUT2D eigenvalue weighted by atomic mass is 10.1. The highest BCUT2D eigenvalue weighted by Gasteiger charge is 2.19. The first-order chi connectivity index (χ1) is 9.95. The quantitative estimate of drug-likeness (QED) is 0.369. The molecule has 21 heavy (non-hydrogen) atoms. The number of carbonyl (C=O) groups is 3. The highest BCUT2D eigenvalue weighted by molar-refractivity contribution is 7.14. The van der Waals surface area contributed by atoms with Crippen LogP contribution in [0.5, 0.6) is 0 Å². The molecule has 0 radical (unpaired) electrons. The van der Waals surface area contributed by atoms with Crippen LogP contribution in [0, 0.1) is 0 Å². The molecule has 0 saturated heterocycles. The van der Waals surface area contributed by atoms with Gasteiger partial charge in [0.05, 0.1) is 11.3 Å². The van der Waals surface area contributed by atoms with Crippen molar-refractivity contribution in [3.63, 3.8) is 0 Å². The molecule has 5 nitrogen and oxygen atoms in total. The molecular formula is C15H13NO4S. The second-order valence-corrected chi connectivity index (χ2v) is 5.68. The first-order valence-corrected chi connectivity index (χ1v) is 7.00. The van der Waals surface area contributed by atoms with Crippen molar-refractivity contribution in [2.24, 2.45) is 0 Å². The van der Waals surface area contributed by atoms with Gasteiger partial charge in [-0.15, -0.1) is 11.3 Å². The van der Waals surface area contributed by atoms with Crippen LogP contribution in [0.1, 0.15) is 26.5 Å². The Morgan fingerprint density at radius 1 is 1.05 bits per heavy atom. The van der Waals surface area contributed by atoms with Crippen molar-refractivity contribution < 1.29 is 19.5 Å². The number of carboxylic acids is 1. The van der Waals surface area contributed by atoms with Gasteiger partial charge < -0.3 is 10.8 Å². The van der Waals surface area contributed by atoms with Crippen LogP contribution < -0.4 is 5.73 Å². The van der Waals surface area contributed by atoms with Crippen molar-refractivity contribution in [3.05, 3.63) is 51.7 Å². The minimum atomic E-state index is -1.58. The Morgan fingerprint density at radius 3 is 2.33 bits per heavy atom. The topological polar surface area (TPSA) is 97.5 Å². The van der Waals surface area contributed by atoms with Gasteiger partial charge in [-0.25, -0.2) is 4.79 Å². The number of nitrogens with two attached hydrogens (primary N) is 1. The minimum absolute atomic E-state index is 0.398. The summed E-state index contributed by atoms with van der Waals surface area (Å²) in [6.07, 6.45) is 0.0578. The van der Waals surface area contributed by atoms with E-state index >= 15 is 0 Å². The lowest BCUT2D eigenvalue weighted by Gasteiger charge is -1.99. The summed E-state index contributed by atoms with van der Waals surface area (Å²) in [7, 11) is 0. The molecule has 1 aromatic carbocycles. The predicted octanol–water partition coefficient (Wildman–Crippen LogP) is 2.15. The van der Waals surface area contributed by atoms with Crippen molar-refractivity contribution >= 4 is 34.6 Å². The fourth-order valence-electron chi connectivity index (χ4n) is 1.77. The number of Topliss-reactive ketones (excluding diaryl/α,β-unsaturated/α-hetero) is 2. The zero-order valence-electron chi connectivity index (χ0n) is 11.0. The fourth-order valence-corrected chi connectivity index (χ4v) is 2.75. The summed E-state index contributed by atoms with van der Waals surface area (Å²) < 4.78 is 0. The molecule has 1 aromatic heterocycles. The zero-order chi connectivity index (χ0) is 15.4. The monoisotopic (exact) mass is 303 g/mol. The summed E-state index contributed by atoms with van der Waals surface area (Å²) in [4.78, 5) is 34.6. The number of carboxylic acid groups (broad SMARTS) is 1. The van der Waals surface area contributed by atoms with Gasteiger partial charge in [-0.05, 0) is 29.8 Å². The lowest BCUT2D eigenvalue weighted by molar-refractivity contribution is -0.148. The Balaban J connectivity index is 2.04. The van der Waals surface area contributed by atoms with E-state index in [-0.39, 0.29) is 0 Å². The fraction of sp³-hybridized carbons (Fsp3) is 0.133. The molecular weight excluding hydrogens is 290 g/mol. The van der Waals surface area contributed by atoms with E-state index in [0.29, 0.717) is 17.0 Å². The molecule has 2 aromatic rings. The van der Waals surface area contributed by atoms with E-state index in [4.69, 9.17) is 10.8 Å². The van der Waals surface area contributed by atoms with Crippen LogP contribution in [0.3, 0.4) is 0 Å². The normalized spacial score (nSPS) is 10.3. The Hall–Kier alpha value is -2.47. The number of aliphatic carboxylic acids is 1. The third kappa shape index (κ3) is 4.00. The van der Waals surface area contributed by atoms with Gasteiger partial charge in [-0.2, -0.15) is 0 Å². The molecule has 3 N–H and O–H groups in total. The van der Waals surface area contributed by atoms with E-state index in [9.17, 15) is 14.4 Å². The third-order valence-electron chi connectivity index (χ3n) is 2.85. The number of rotatable bonds is 6. The van der Waals surface area contributed by atoms with Crippen molar-refractivity contribution in [2.45, 2.75) is 12.8 Å².